The molecule has 1 atom stereocenters. The number of rotatable bonds is 5. The second-order valence-electron chi connectivity index (χ2n) is 6.61. The van der Waals surface area contributed by atoms with Gasteiger partial charge in [0.1, 0.15) is 5.82 Å². The summed E-state index contributed by atoms with van der Waals surface area (Å²) in [6, 6.07) is 12.7. The molecule has 1 unspecified atom stereocenters. The number of carbonyl (C=O) groups excluding carboxylic acids is 3. The summed E-state index contributed by atoms with van der Waals surface area (Å²) in [5, 5.41) is 2.61. The summed E-state index contributed by atoms with van der Waals surface area (Å²) in [7, 11) is 1.53. The number of nitrogens with zero attached hydrogens (tertiary/aromatic N) is 2. The van der Waals surface area contributed by atoms with Crippen molar-refractivity contribution in [3.63, 3.8) is 0 Å². The second kappa shape index (κ2) is 8.52. The van der Waals surface area contributed by atoms with Crippen molar-refractivity contribution in [2.45, 2.75) is 6.42 Å². The highest BCUT2D eigenvalue weighted by Gasteiger charge is 2.37. The maximum absolute atomic E-state index is 12.9. The number of likely N-dealkylation sites (N-methyl/N-ethyl adjacent to an activating group) is 1. The van der Waals surface area contributed by atoms with Gasteiger partial charge in [-0.2, -0.15) is 0 Å². The summed E-state index contributed by atoms with van der Waals surface area (Å²) in [6.45, 7) is 0.111. The van der Waals surface area contributed by atoms with Crippen molar-refractivity contribution in [2.75, 3.05) is 30.4 Å². The molecule has 0 aromatic heterocycles. The predicted octanol–water partition coefficient (Wildman–Crippen LogP) is 3.04. The first-order valence-electron chi connectivity index (χ1n) is 8.70. The van der Waals surface area contributed by atoms with E-state index in [1.165, 1.54) is 36.2 Å². The Hall–Kier alpha value is -2.74. The van der Waals surface area contributed by atoms with E-state index in [1.807, 2.05) is 24.3 Å². The monoisotopic (exact) mass is 447 g/mol. The Labute approximate surface area is 170 Å². The van der Waals surface area contributed by atoms with Gasteiger partial charge in [-0.05, 0) is 52.3 Å². The quantitative estimate of drug-likeness (QED) is 0.765. The number of amides is 3. The van der Waals surface area contributed by atoms with E-state index < -0.39 is 17.6 Å². The fourth-order valence-corrected chi connectivity index (χ4v) is 3.61. The normalized spacial score (nSPS) is 16.2. The van der Waals surface area contributed by atoms with Gasteiger partial charge in [0.15, 0.2) is 0 Å². The Morgan fingerprint density at radius 3 is 2.57 bits per heavy atom. The number of halogens is 2. The molecule has 1 fully saturated rings. The first-order chi connectivity index (χ1) is 13.3. The molecule has 0 radical (unpaired) electrons. The number of hydrogen-bond donors (Lipinski definition) is 1. The van der Waals surface area contributed by atoms with Crippen molar-refractivity contribution < 1.29 is 18.8 Å². The van der Waals surface area contributed by atoms with Gasteiger partial charge in [0.2, 0.25) is 17.7 Å². The highest BCUT2D eigenvalue weighted by Crippen LogP contribution is 2.31. The van der Waals surface area contributed by atoms with Crippen LogP contribution in [0.2, 0.25) is 0 Å². The molecule has 3 amide bonds. The van der Waals surface area contributed by atoms with Gasteiger partial charge in [-0.15, -0.1) is 0 Å². The van der Waals surface area contributed by atoms with Crippen LogP contribution in [0.25, 0.3) is 0 Å². The van der Waals surface area contributed by atoms with Crippen LogP contribution in [0.15, 0.2) is 53.0 Å². The molecular formula is C20H19BrFN3O3. The molecule has 1 heterocycles. The standard InChI is InChI=1S/C20H19BrFN3O3/c1-24(12-18(26)23-15-8-6-14(22)7-9-15)20(28)13-10-19(27)25(11-13)17-5-3-2-4-16(17)21/h2-9,13H,10-12H2,1H3,(H,23,26). The minimum absolute atomic E-state index is 0.101. The van der Waals surface area contributed by atoms with Crippen LogP contribution < -0.4 is 10.2 Å². The molecule has 3 rings (SSSR count). The van der Waals surface area contributed by atoms with Gasteiger partial charge in [-0.3, -0.25) is 14.4 Å². The molecule has 2 aromatic rings. The lowest BCUT2D eigenvalue weighted by molar-refractivity contribution is -0.137. The average molecular weight is 448 g/mol. The summed E-state index contributed by atoms with van der Waals surface area (Å²) in [4.78, 5) is 40.1. The number of benzene rings is 2. The van der Waals surface area contributed by atoms with E-state index in [4.69, 9.17) is 0 Å². The van der Waals surface area contributed by atoms with E-state index in [-0.39, 0.29) is 31.3 Å². The van der Waals surface area contributed by atoms with E-state index in [1.54, 1.807) is 4.90 Å². The molecule has 0 bridgehead atoms. The van der Waals surface area contributed by atoms with Gasteiger partial charge in [-0.1, -0.05) is 12.1 Å². The number of nitrogens with one attached hydrogen (secondary N) is 1. The third-order valence-electron chi connectivity index (χ3n) is 4.50. The highest BCUT2D eigenvalue weighted by atomic mass is 79.9. The number of anilines is 2. The van der Waals surface area contributed by atoms with Crippen LogP contribution in [0.4, 0.5) is 15.8 Å². The van der Waals surface area contributed by atoms with Crippen LogP contribution in [-0.4, -0.2) is 42.8 Å². The molecule has 1 saturated heterocycles. The smallest absolute Gasteiger partial charge is 0.243 e. The number of hydrogen-bond acceptors (Lipinski definition) is 3. The Kier molecular flexibility index (Phi) is 6.08. The molecule has 8 heteroatoms. The van der Waals surface area contributed by atoms with E-state index in [0.29, 0.717) is 5.69 Å². The molecule has 0 spiro atoms. The minimum Gasteiger partial charge on any atom is -0.336 e. The van der Waals surface area contributed by atoms with E-state index in [0.717, 1.165) is 10.2 Å². The zero-order chi connectivity index (χ0) is 20.3. The lowest BCUT2D eigenvalue weighted by atomic mass is 10.1. The van der Waals surface area contributed by atoms with Gasteiger partial charge in [-0.25, -0.2) is 4.39 Å². The first-order valence-corrected chi connectivity index (χ1v) is 9.49. The Morgan fingerprint density at radius 1 is 1.21 bits per heavy atom. The highest BCUT2D eigenvalue weighted by molar-refractivity contribution is 9.10. The van der Waals surface area contributed by atoms with Crippen LogP contribution in [0, 0.1) is 11.7 Å². The molecule has 6 nitrogen and oxygen atoms in total. The molecule has 0 aliphatic carbocycles. The van der Waals surface area contributed by atoms with Gasteiger partial charge < -0.3 is 15.1 Å². The summed E-state index contributed by atoms with van der Waals surface area (Å²) < 4.78 is 13.7. The molecule has 1 N–H and O–H groups in total. The largest absolute Gasteiger partial charge is 0.336 e. The molecular weight excluding hydrogens is 429 g/mol. The summed E-state index contributed by atoms with van der Waals surface area (Å²) in [6.07, 6.45) is 0.101. The molecule has 28 heavy (non-hydrogen) atoms. The lowest BCUT2D eigenvalue weighted by Crippen LogP contribution is -2.39. The molecule has 2 aromatic carbocycles. The Balaban J connectivity index is 1.59. The minimum atomic E-state index is -0.511. The van der Waals surface area contributed by atoms with Crippen molar-refractivity contribution in [1.82, 2.24) is 4.90 Å². The molecule has 1 aliphatic rings. The van der Waals surface area contributed by atoms with E-state index >= 15 is 0 Å². The maximum atomic E-state index is 12.9. The third-order valence-corrected chi connectivity index (χ3v) is 5.17. The van der Waals surface area contributed by atoms with Crippen molar-refractivity contribution in [2.24, 2.45) is 5.92 Å². The summed E-state index contributed by atoms with van der Waals surface area (Å²) >= 11 is 3.42. The van der Waals surface area contributed by atoms with Crippen LogP contribution in [0.5, 0.6) is 0 Å². The van der Waals surface area contributed by atoms with Crippen molar-refractivity contribution in [1.29, 1.82) is 0 Å². The Bertz CT molecular complexity index is 904. The summed E-state index contributed by atoms with van der Waals surface area (Å²) in [5.41, 5.74) is 1.17. The van der Waals surface area contributed by atoms with Crippen LogP contribution in [-0.2, 0) is 14.4 Å². The fourth-order valence-electron chi connectivity index (χ4n) is 3.12. The van der Waals surface area contributed by atoms with Crippen LogP contribution >= 0.6 is 15.9 Å². The zero-order valence-electron chi connectivity index (χ0n) is 15.2. The SMILES string of the molecule is CN(CC(=O)Nc1ccc(F)cc1)C(=O)C1CC(=O)N(c2ccccc2Br)C1. The van der Waals surface area contributed by atoms with Crippen molar-refractivity contribution in [3.05, 3.63) is 58.8 Å². The van der Waals surface area contributed by atoms with Crippen LogP contribution in [0.3, 0.4) is 0 Å². The fraction of sp³-hybridized carbons (Fsp3) is 0.250. The van der Waals surface area contributed by atoms with Crippen molar-refractivity contribution >= 4 is 45.0 Å². The maximum Gasteiger partial charge on any atom is 0.243 e. The van der Waals surface area contributed by atoms with E-state index in [2.05, 4.69) is 21.2 Å². The first kappa shape index (κ1) is 20.0. The van der Waals surface area contributed by atoms with Gasteiger partial charge >= 0.3 is 0 Å². The molecule has 146 valence electrons. The molecule has 1 aliphatic heterocycles. The second-order valence-corrected chi connectivity index (χ2v) is 7.46. The Morgan fingerprint density at radius 2 is 1.89 bits per heavy atom. The average Bonchev–Trinajstić information content (AvgIpc) is 3.04. The van der Waals surface area contributed by atoms with Gasteiger partial charge in [0.25, 0.3) is 0 Å². The van der Waals surface area contributed by atoms with Crippen molar-refractivity contribution in [3.8, 4) is 0 Å². The number of para-hydroxylation sites is 1. The van der Waals surface area contributed by atoms with Crippen LogP contribution in [0.1, 0.15) is 6.42 Å². The topological polar surface area (TPSA) is 69.7 Å². The summed E-state index contributed by atoms with van der Waals surface area (Å²) in [5.74, 6) is -1.70. The van der Waals surface area contributed by atoms with E-state index in [9.17, 15) is 18.8 Å². The zero-order valence-corrected chi connectivity index (χ0v) is 16.8. The van der Waals surface area contributed by atoms with Gasteiger partial charge in [0.05, 0.1) is 18.2 Å². The molecule has 0 saturated carbocycles. The third kappa shape index (κ3) is 4.56. The predicted molar refractivity (Wildman–Crippen MR) is 107 cm³/mol. The van der Waals surface area contributed by atoms with Gasteiger partial charge in [0, 0.05) is 30.2 Å². The lowest BCUT2D eigenvalue weighted by Gasteiger charge is -2.21. The number of carbonyl (C=O) groups is 3.